The second-order valence-electron chi connectivity index (χ2n) is 6.16. The fourth-order valence-corrected chi connectivity index (χ4v) is 4.99. The lowest BCUT2D eigenvalue weighted by molar-refractivity contribution is -0.116. The van der Waals surface area contributed by atoms with Gasteiger partial charge in [-0.3, -0.25) is 4.79 Å². The molecular weight excluding hydrogens is 378 g/mol. The number of fused-ring (bicyclic) bond motifs is 1. The molecule has 2 N–H and O–H groups in total. The molecule has 1 atom stereocenters. The van der Waals surface area contributed by atoms with Gasteiger partial charge in [-0.2, -0.15) is 0 Å². The number of nitrogens with zero attached hydrogens (tertiary/aromatic N) is 4. The third kappa shape index (κ3) is 3.54. The molecule has 8 heteroatoms. The number of para-hydroxylation sites is 1. The van der Waals surface area contributed by atoms with Crippen LogP contribution in [0.4, 0.5) is 5.69 Å². The van der Waals surface area contributed by atoms with E-state index in [9.17, 15) is 4.79 Å². The third-order valence-corrected chi connectivity index (χ3v) is 6.51. The largest absolute Gasteiger partial charge is 0.336 e. The molecule has 2 aromatic carbocycles. The van der Waals surface area contributed by atoms with Crippen molar-refractivity contribution in [2.24, 2.45) is 0 Å². The summed E-state index contributed by atoms with van der Waals surface area (Å²) in [5, 5.41) is 8.51. The Morgan fingerprint density at radius 3 is 2.67 bits per heavy atom. The Balaban J connectivity index is 1.63. The van der Waals surface area contributed by atoms with Gasteiger partial charge in [0.2, 0.25) is 11.1 Å². The molecule has 0 aliphatic carbocycles. The molecule has 0 unspecified atom stereocenters. The number of thioether (sulfide) groups is 2. The Kier molecular flexibility index (Phi) is 5.09. The van der Waals surface area contributed by atoms with E-state index in [-0.39, 0.29) is 17.7 Å². The van der Waals surface area contributed by atoms with Crippen LogP contribution in [0.1, 0.15) is 17.4 Å². The number of hydrogen-bond donors (Lipinski definition) is 1. The summed E-state index contributed by atoms with van der Waals surface area (Å²) in [4.78, 5) is 16.3. The fraction of sp³-hybridized carbons (Fsp3) is 0.211. The van der Waals surface area contributed by atoms with Crippen LogP contribution in [0.5, 0.6) is 0 Å². The highest BCUT2D eigenvalue weighted by Crippen LogP contribution is 2.43. The number of aryl methyl sites for hydroxylation is 1. The molecular formula is C19H19N5OS2. The number of hydrogen-bond acceptors (Lipinski definition) is 6. The highest BCUT2D eigenvalue weighted by atomic mass is 32.2. The molecule has 0 saturated heterocycles. The first kappa shape index (κ1) is 17.9. The lowest BCUT2D eigenvalue weighted by atomic mass is 10.1. The molecule has 27 heavy (non-hydrogen) atoms. The number of benzene rings is 2. The van der Waals surface area contributed by atoms with E-state index in [0.717, 1.165) is 21.9 Å². The van der Waals surface area contributed by atoms with Crippen molar-refractivity contribution < 1.29 is 4.79 Å². The van der Waals surface area contributed by atoms with Gasteiger partial charge in [-0.15, -0.1) is 22.0 Å². The Hall–Kier alpha value is -2.45. The average molecular weight is 398 g/mol. The van der Waals surface area contributed by atoms with Gasteiger partial charge >= 0.3 is 0 Å². The molecule has 0 bridgehead atoms. The maximum Gasteiger partial charge on any atom is 0.238 e. The Morgan fingerprint density at radius 1 is 1.19 bits per heavy atom. The van der Waals surface area contributed by atoms with Crippen LogP contribution in [0, 0.1) is 6.92 Å². The smallest absolute Gasteiger partial charge is 0.238 e. The zero-order valence-electron chi connectivity index (χ0n) is 14.8. The quantitative estimate of drug-likeness (QED) is 0.538. The first-order chi connectivity index (χ1) is 13.1. The molecule has 1 aliphatic heterocycles. The predicted octanol–water partition coefficient (Wildman–Crippen LogP) is 3.27. The second kappa shape index (κ2) is 7.66. The average Bonchev–Trinajstić information content (AvgIpc) is 3.04. The van der Waals surface area contributed by atoms with Crippen LogP contribution >= 0.6 is 23.5 Å². The molecule has 2 heterocycles. The number of carbonyl (C=O) groups is 1. The summed E-state index contributed by atoms with van der Waals surface area (Å²) < 4.78 is 1.41. The Bertz CT molecular complexity index is 960. The van der Waals surface area contributed by atoms with Crippen molar-refractivity contribution in [3.8, 4) is 0 Å². The van der Waals surface area contributed by atoms with Crippen LogP contribution in [0.2, 0.25) is 0 Å². The summed E-state index contributed by atoms with van der Waals surface area (Å²) in [5.41, 5.74) is 2.09. The van der Waals surface area contributed by atoms with Crippen LogP contribution in [-0.2, 0) is 4.79 Å². The number of nitrogen functional groups attached to an aromatic ring is 1. The summed E-state index contributed by atoms with van der Waals surface area (Å²) in [6, 6.07) is 18.2. The van der Waals surface area contributed by atoms with E-state index in [1.165, 1.54) is 16.4 Å². The van der Waals surface area contributed by atoms with Gasteiger partial charge in [0.05, 0.1) is 17.5 Å². The summed E-state index contributed by atoms with van der Waals surface area (Å²) in [6.07, 6.45) is 0. The van der Waals surface area contributed by atoms with Crippen LogP contribution < -0.4 is 10.7 Å². The predicted molar refractivity (Wildman–Crippen MR) is 109 cm³/mol. The lowest BCUT2D eigenvalue weighted by Gasteiger charge is -2.37. The van der Waals surface area contributed by atoms with Gasteiger partial charge in [-0.1, -0.05) is 54.2 Å². The van der Waals surface area contributed by atoms with Crippen LogP contribution in [-0.4, -0.2) is 32.3 Å². The summed E-state index contributed by atoms with van der Waals surface area (Å²) >= 11 is 3.09. The number of amides is 1. The molecule has 4 rings (SSSR count). The Labute approximate surface area is 166 Å². The van der Waals surface area contributed by atoms with Crippen molar-refractivity contribution in [2.45, 2.75) is 23.0 Å². The highest BCUT2D eigenvalue weighted by Gasteiger charge is 2.32. The van der Waals surface area contributed by atoms with Crippen molar-refractivity contribution in [3.63, 3.8) is 0 Å². The second-order valence-corrected chi connectivity index (χ2v) is 8.16. The zero-order valence-corrected chi connectivity index (χ0v) is 16.4. The van der Waals surface area contributed by atoms with E-state index in [1.807, 2.05) is 41.3 Å². The van der Waals surface area contributed by atoms with E-state index >= 15 is 0 Å². The SMILES string of the molecule is Cc1nnc(SCC(=O)N2c3ccccc3SC[C@@H]2c2ccccc2)n1N. The molecule has 3 aromatic rings. The summed E-state index contributed by atoms with van der Waals surface area (Å²) in [7, 11) is 0. The number of carbonyl (C=O) groups excluding carboxylic acids is 1. The maximum atomic E-state index is 13.2. The molecule has 0 radical (unpaired) electrons. The molecule has 6 nitrogen and oxygen atoms in total. The van der Waals surface area contributed by atoms with Gasteiger partial charge in [0.25, 0.3) is 0 Å². The van der Waals surface area contributed by atoms with Gasteiger partial charge in [0.15, 0.2) is 0 Å². The maximum absolute atomic E-state index is 13.2. The monoisotopic (exact) mass is 397 g/mol. The minimum Gasteiger partial charge on any atom is -0.336 e. The van der Waals surface area contributed by atoms with E-state index in [2.05, 4.69) is 28.4 Å². The molecule has 0 spiro atoms. The van der Waals surface area contributed by atoms with Crippen molar-refractivity contribution in [1.29, 1.82) is 0 Å². The van der Waals surface area contributed by atoms with Crippen molar-refractivity contribution in [2.75, 3.05) is 22.2 Å². The van der Waals surface area contributed by atoms with Crippen molar-refractivity contribution >= 4 is 35.1 Å². The van der Waals surface area contributed by atoms with E-state index in [4.69, 9.17) is 5.84 Å². The van der Waals surface area contributed by atoms with Gasteiger partial charge in [0, 0.05) is 10.6 Å². The van der Waals surface area contributed by atoms with Crippen molar-refractivity contribution in [1.82, 2.24) is 14.9 Å². The van der Waals surface area contributed by atoms with Crippen molar-refractivity contribution in [3.05, 3.63) is 66.0 Å². The molecule has 0 fully saturated rings. The third-order valence-electron chi connectivity index (χ3n) is 4.45. The van der Waals surface area contributed by atoms with Crippen LogP contribution in [0.25, 0.3) is 0 Å². The number of aromatic nitrogens is 3. The minimum atomic E-state index is -0.00307. The molecule has 138 valence electrons. The van der Waals surface area contributed by atoms with E-state index < -0.39 is 0 Å². The number of nitrogens with two attached hydrogens (primary N) is 1. The zero-order chi connectivity index (χ0) is 18.8. The van der Waals surface area contributed by atoms with Crippen LogP contribution in [0.3, 0.4) is 0 Å². The summed E-state index contributed by atoms with van der Waals surface area (Å²) in [6.45, 7) is 1.78. The van der Waals surface area contributed by atoms with Gasteiger partial charge < -0.3 is 10.7 Å². The number of rotatable bonds is 4. The Morgan fingerprint density at radius 2 is 1.93 bits per heavy atom. The first-order valence-corrected chi connectivity index (χ1v) is 10.5. The van der Waals surface area contributed by atoms with E-state index in [1.54, 1.807) is 18.7 Å². The van der Waals surface area contributed by atoms with Gasteiger partial charge in [-0.05, 0) is 24.6 Å². The molecule has 1 aromatic heterocycles. The molecule has 1 aliphatic rings. The lowest BCUT2D eigenvalue weighted by Crippen LogP contribution is -2.39. The normalized spacial score (nSPS) is 16.2. The first-order valence-electron chi connectivity index (χ1n) is 8.54. The van der Waals surface area contributed by atoms with Gasteiger partial charge in [-0.25, -0.2) is 4.68 Å². The highest BCUT2D eigenvalue weighted by molar-refractivity contribution is 8.00. The standard InChI is InChI=1S/C19H19N5OS2/c1-13-21-22-19(24(13)20)27-12-18(25)23-15-9-5-6-10-17(15)26-11-16(23)14-7-3-2-4-8-14/h2-10,16H,11-12,20H2,1H3/t16-/m1/s1. The summed E-state index contributed by atoms with van der Waals surface area (Å²) in [5.74, 6) is 7.62. The fourth-order valence-electron chi connectivity index (χ4n) is 3.06. The topological polar surface area (TPSA) is 77.0 Å². The molecule has 0 saturated carbocycles. The minimum absolute atomic E-state index is 0.00307. The van der Waals surface area contributed by atoms with Gasteiger partial charge in [0.1, 0.15) is 5.82 Å². The van der Waals surface area contributed by atoms with E-state index in [0.29, 0.717) is 11.0 Å². The molecule has 1 amide bonds. The number of anilines is 1. The van der Waals surface area contributed by atoms with Crippen LogP contribution in [0.15, 0.2) is 64.6 Å².